The molecule has 4 heteroatoms. The summed E-state index contributed by atoms with van der Waals surface area (Å²) in [5, 5.41) is 0.720. The van der Waals surface area contributed by atoms with Crippen molar-refractivity contribution >= 4 is 29.0 Å². The molecule has 0 spiro atoms. The minimum atomic E-state index is -0.0981. The Morgan fingerprint density at radius 2 is 1.84 bits per heavy atom. The van der Waals surface area contributed by atoms with Crippen LogP contribution in [0.3, 0.4) is 0 Å². The fourth-order valence-corrected chi connectivity index (χ4v) is 2.48. The smallest absolute Gasteiger partial charge is 0.187 e. The number of carbonyl (C=O) groups excluding carboxylic acids is 1. The van der Waals surface area contributed by atoms with Crippen molar-refractivity contribution in [1.82, 2.24) is 4.98 Å². The average molecular weight is 294 g/mol. The van der Waals surface area contributed by atoms with Crippen molar-refractivity contribution in [3.63, 3.8) is 0 Å². The van der Waals surface area contributed by atoms with E-state index in [1.807, 2.05) is 32.0 Å². The number of ketones is 1. The largest absolute Gasteiger partial charge is 0.292 e. The van der Waals surface area contributed by atoms with Crippen molar-refractivity contribution in [2.75, 3.05) is 0 Å². The second-order valence-electron chi connectivity index (χ2n) is 4.45. The number of benzene rings is 1. The molecule has 0 radical (unpaired) electrons. The summed E-state index contributed by atoms with van der Waals surface area (Å²) in [6.45, 7) is 3.99. The van der Waals surface area contributed by atoms with Crippen LogP contribution < -0.4 is 0 Å². The maximum absolute atomic E-state index is 12.3. The summed E-state index contributed by atoms with van der Waals surface area (Å²) in [5.41, 5.74) is 3.49. The van der Waals surface area contributed by atoms with Gasteiger partial charge < -0.3 is 0 Å². The Bertz CT molecular complexity index is 618. The molecule has 0 aliphatic carbocycles. The van der Waals surface area contributed by atoms with E-state index >= 15 is 0 Å². The minimum absolute atomic E-state index is 0.0981. The topological polar surface area (TPSA) is 30.0 Å². The molecule has 0 amide bonds. The molecule has 2 nitrogen and oxygen atoms in total. The Hall–Kier alpha value is -1.38. The molecule has 1 aromatic heterocycles. The quantitative estimate of drug-likeness (QED) is 0.784. The summed E-state index contributed by atoms with van der Waals surface area (Å²) in [4.78, 5) is 16.3. The summed E-state index contributed by atoms with van der Waals surface area (Å²) in [6, 6.07) is 7.50. The zero-order chi connectivity index (χ0) is 14.0. The van der Waals surface area contributed by atoms with Gasteiger partial charge in [-0.25, -0.2) is 4.98 Å². The third kappa shape index (κ3) is 3.14. The van der Waals surface area contributed by atoms with Crippen LogP contribution in [0.4, 0.5) is 0 Å². The van der Waals surface area contributed by atoms with Crippen molar-refractivity contribution in [1.29, 1.82) is 0 Å². The summed E-state index contributed by atoms with van der Waals surface area (Å²) < 4.78 is 0. The van der Waals surface area contributed by atoms with Gasteiger partial charge in [0.05, 0.1) is 10.0 Å². The molecule has 0 saturated carbocycles. The van der Waals surface area contributed by atoms with E-state index in [2.05, 4.69) is 4.98 Å². The van der Waals surface area contributed by atoms with E-state index in [-0.39, 0.29) is 11.5 Å². The van der Waals surface area contributed by atoms with Crippen molar-refractivity contribution < 1.29 is 4.79 Å². The van der Waals surface area contributed by atoms with Crippen molar-refractivity contribution in [3.05, 3.63) is 62.9 Å². The van der Waals surface area contributed by atoms with Crippen LogP contribution in [0.5, 0.6) is 0 Å². The van der Waals surface area contributed by atoms with Crippen LogP contribution in [0.1, 0.15) is 27.2 Å². The van der Waals surface area contributed by atoms with Gasteiger partial charge in [0.1, 0.15) is 5.69 Å². The Morgan fingerprint density at radius 1 is 1.21 bits per heavy atom. The Morgan fingerprint density at radius 3 is 2.42 bits per heavy atom. The standard InChI is InChI=1S/C15H13Cl2NO/c1-9-4-3-5-10(2)12(9)7-14(19)15-13(17)6-11(16)8-18-15/h3-6,8H,7H2,1-2H3. The molecule has 0 N–H and O–H groups in total. The highest BCUT2D eigenvalue weighted by atomic mass is 35.5. The van der Waals surface area contributed by atoms with E-state index < -0.39 is 0 Å². The van der Waals surface area contributed by atoms with Gasteiger partial charge in [0, 0.05) is 12.6 Å². The fourth-order valence-electron chi connectivity index (χ4n) is 1.99. The van der Waals surface area contributed by atoms with Gasteiger partial charge >= 0.3 is 0 Å². The molecule has 0 unspecified atom stereocenters. The zero-order valence-corrected chi connectivity index (χ0v) is 12.2. The van der Waals surface area contributed by atoms with E-state index in [0.717, 1.165) is 16.7 Å². The summed E-state index contributed by atoms with van der Waals surface area (Å²) >= 11 is 11.8. The molecule has 19 heavy (non-hydrogen) atoms. The van der Waals surface area contributed by atoms with Gasteiger partial charge in [-0.15, -0.1) is 0 Å². The lowest BCUT2D eigenvalue weighted by atomic mass is 9.97. The summed E-state index contributed by atoms with van der Waals surface area (Å²) in [6.07, 6.45) is 1.73. The average Bonchev–Trinajstić information content (AvgIpc) is 2.33. The molecule has 0 aliphatic rings. The van der Waals surface area contributed by atoms with Crippen molar-refractivity contribution in [2.24, 2.45) is 0 Å². The summed E-state index contributed by atoms with van der Waals surface area (Å²) in [5.74, 6) is -0.0981. The Kier molecular flexibility index (Phi) is 4.23. The zero-order valence-electron chi connectivity index (χ0n) is 10.7. The van der Waals surface area contributed by atoms with Crippen molar-refractivity contribution in [3.8, 4) is 0 Å². The monoisotopic (exact) mass is 293 g/mol. The number of pyridine rings is 1. The summed E-state index contributed by atoms with van der Waals surface area (Å²) in [7, 11) is 0. The van der Waals surface area contributed by atoms with Crippen LogP contribution in [-0.2, 0) is 6.42 Å². The van der Waals surface area contributed by atoms with Gasteiger partial charge in [-0.1, -0.05) is 41.4 Å². The highest BCUT2D eigenvalue weighted by molar-refractivity contribution is 6.36. The lowest BCUT2D eigenvalue weighted by molar-refractivity contribution is 0.0988. The van der Waals surface area contributed by atoms with E-state index in [9.17, 15) is 4.79 Å². The number of carbonyl (C=O) groups is 1. The number of hydrogen-bond donors (Lipinski definition) is 0. The molecule has 0 aliphatic heterocycles. The van der Waals surface area contributed by atoms with Crippen LogP contribution in [0, 0.1) is 13.8 Å². The van der Waals surface area contributed by atoms with E-state index in [1.54, 1.807) is 0 Å². The van der Waals surface area contributed by atoms with Crippen LogP contribution in [0.25, 0.3) is 0 Å². The third-order valence-corrected chi connectivity index (χ3v) is 3.55. The highest BCUT2D eigenvalue weighted by Crippen LogP contribution is 2.21. The lowest BCUT2D eigenvalue weighted by Gasteiger charge is -2.09. The number of nitrogens with zero attached hydrogens (tertiary/aromatic N) is 1. The highest BCUT2D eigenvalue weighted by Gasteiger charge is 2.15. The van der Waals surface area contributed by atoms with Gasteiger partial charge in [0.25, 0.3) is 0 Å². The van der Waals surface area contributed by atoms with Crippen LogP contribution >= 0.6 is 23.2 Å². The van der Waals surface area contributed by atoms with Gasteiger partial charge in [-0.3, -0.25) is 4.79 Å². The number of rotatable bonds is 3. The van der Waals surface area contributed by atoms with E-state index in [1.165, 1.54) is 12.3 Å². The first kappa shape index (κ1) is 14.0. The SMILES string of the molecule is Cc1cccc(C)c1CC(=O)c1ncc(Cl)cc1Cl. The number of hydrogen-bond acceptors (Lipinski definition) is 2. The molecule has 0 bridgehead atoms. The van der Waals surface area contributed by atoms with Gasteiger partial charge in [-0.05, 0) is 36.6 Å². The van der Waals surface area contributed by atoms with E-state index in [4.69, 9.17) is 23.2 Å². The van der Waals surface area contributed by atoms with Crippen LogP contribution in [0.15, 0.2) is 30.5 Å². The Labute approximate surface area is 122 Å². The second kappa shape index (κ2) is 5.72. The van der Waals surface area contributed by atoms with Crippen LogP contribution in [-0.4, -0.2) is 10.8 Å². The fraction of sp³-hybridized carbons (Fsp3) is 0.200. The lowest BCUT2D eigenvalue weighted by Crippen LogP contribution is -2.09. The maximum atomic E-state index is 12.3. The molecule has 0 fully saturated rings. The maximum Gasteiger partial charge on any atom is 0.187 e. The van der Waals surface area contributed by atoms with Gasteiger partial charge in [0.15, 0.2) is 5.78 Å². The van der Waals surface area contributed by atoms with Gasteiger partial charge in [-0.2, -0.15) is 0 Å². The third-order valence-electron chi connectivity index (χ3n) is 3.05. The predicted molar refractivity (Wildman–Crippen MR) is 78.2 cm³/mol. The first-order chi connectivity index (χ1) is 8.99. The first-order valence-corrected chi connectivity index (χ1v) is 6.64. The molecular formula is C15H13Cl2NO. The molecule has 1 heterocycles. The molecule has 98 valence electrons. The molecular weight excluding hydrogens is 281 g/mol. The number of aryl methyl sites for hydroxylation is 2. The van der Waals surface area contributed by atoms with Gasteiger partial charge in [0.2, 0.25) is 0 Å². The Balaban J connectivity index is 2.31. The minimum Gasteiger partial charge on any atom is -0.292 e. The van der Waals surface area contributed by atoms with Crippen molar-refractivity contribution in [2.45, 2.75) is 20.3 Å². The molecule has 1 aromatic carbocycles. The molecule has 0 saturated heterocycles. The number of Topliss-reactive ketones (excluding diaryl/α,β-unsaturated/α-hetero) is 1. The molecule has 2 rings (SSSR count). The second-order valence-corrected chi connectivity index (χ2v) is 5.30. The van der Waals surface area contributed by atoms with Crippen LogP contribution in [0.2, 0.25) is 10.0 Å². The predicted octanol–water partition coefficient (Wildman–Crippen LogP) is 4.43. The number of aromatic nitrogens is 1. The number of halogens is 2. The molecule has 0 atom stereocenters. The first-order valence-electron chi connectivity index (χ1n) is 5.88. The normalized spacial score (nSPS) is 10.5. The molecule has 2 aromatic rings. The van der Waals surface area contributed by atoms with E-state index in [0.29, 0.717) is 16.5 Å².